The van der Waals surface area contributed by atoms with Crippen LogP contribution in [0, 0.1) is 0 Å². The molecule has 1 heterocycles. The van der Waals surface area contributed by atoms with Crippen LogP contribution in [0.3, 0.4) is 0 Å². The molecule has 1 aromatic carbocycles. The standard InChI is InChI=1S/C12H13N3O5S/c1-19-12(16)9-4-2-3-5-10(9)21(17,18)15-7-6-11-13-8-14-20-11/h2-5,8,15H,6-7H2,1H3. The third-order valence-electron chi connectivity index (χ3n) is 2.62. The largest absolute Gasteiger partial charge is 0.465 e. The van der Waals surface area contributed by atoms with E-state index in [2.05, 4.69) is 19.6 Å². The van der Waals surface area contributed by atoms with Crippen molar-refractivity contribution in [1.82, 2.24) is 14.9 Å². The van der Waals surface area contributed by atoms with E-state index in [-0.39, 0.29) is 23.4 Å². The van der Waals surface area contributed by atoms with E-state index in [9.17, 15) is 13.2 Å². The quantitative estimate of drug-likeness (QED) is 0.767. The summed E-state index contributed by atoms with van der Waals surface area (Å²) in [4.78, 5) is 15.2. The first-order valence-corrected chi connectivity index (χ1v) is 7.45. The molecule has 0 fully saturated rings. The van der Waals surface area contributed by atoms with E-state index in [4.69, 9.17) is 4.52 Å². The Morgan fingerprint density at radius 3 is 2.81 bits per heavy atom. The molecular formula is C12H13N3O5S. The van der Waals surface area contributed by atoms with Gasteiger partial charge in [-0.05, 0) is 12.1 Å². The SMILES string of the molecule is COC(=O)c1ccccc1S(=O)(=O)NCCc1ncno1. The van der Waals surface area contributed by atoms with Crippen LogP contribution in [0.1, 0.15) is 16.2 Å². The van der Waals surface area contributed by atoms with Crippen LogP contribution in [-0.4, -0.2) is 38.2 Å². The highest BCUT2D eigenvalue weighted by molar-refractivity contribution is 7.89. The van der Waals surface area contributed by atoms with Crippen LogP contribution in [0.4, 0.5) is 0 Å². The first-order valence-electron chi connectivity index (χ1n) is 5.97. The van der Waals surface area contributed by atoms with Crippen molar-refractivity contribution in [2.75, 3.05) is 13.7 Å². The predicted octanol–water partition coefficient (Wildman–Crippen LogP) is 0.377. The molecule has 0 aliphatic rings. The van der Waals surface area contributed by atoms with Gasteiger partial charge in [-0.15, -0.1) is 0 Å². The fourth-order valence-electron chi connectivity index (χ4n) is 1.66. The van der Waals surface area contributed by atoms with Crippen molar-refractivity contribution in [3.8, 4) is 0 Å². The molecule has 8 nitrogen and oxygen atoms in total. The van der Waals surface area contributed by atoms with E-state index in [0.29, 0.717) is 5.89 Å². The number of methoxy groups -OCH3 is 1. The highest BCUT2D eigenvalue weighted by atomic mass is 32.2. The number of nitrogens with one attached hydrogen (secondary N) is 1. The minimum atomic E-state index is -3.84. The zero-order chi connectivity index (χ0) is 15.3. The molecule has 112 valence electrons. The highest BCUT2D eigenvalue weighted by Gasteiger charge is 2.22. The second-order valence-corrected chi connectivity index (χ2v) is 5.71. The highest BCUT2D eigenvalue weighted by Crippen LogP contribution is 2.16. The topological polar surface area (TPSA) is 111 Å². The van der Waals surface area contributed by atoms with E-state index in [1.807, 2.05) is 0 Å². The van der Waals surface area contributed by atoms with E-state index >= 15 is 0 Å². The zero-order valence-electron chi connectivity index (χ0n) is 11.1. The number of hydrogen-bond donors (Lipinski definition) is 1. The molecule has 2 rings (SSSR count). The van der Waals surface area contributed by atoms with Gasteiger partial charge in [0, 0.05) is 13.0 Å². The van der Waals surface area contributed by atoms with E-state index in [1.54, 1.807) is 6.07 Å². The number of hydrogen-bond acceptors (Lipinski definition) is 7. The molecule has 0 radical (unpaired) electrons. The van der Waals surface area contributed by atoms with E-state index in [1.165, 1.54) is 31.6 Å². The van der Waals surface area contributed by atoms with Gasteiger partial charge in [-0.2, -0.15) is 4.98 Å². The van der Waals surface area contributed by atoms with Crippen molar-refractivity contribution in [2.45, 2.75) is 11.3 Å². The van der Waals surface area contributed by atoms with Gasteiger partial charge in [0.25, 0.3) is 0 Å². The molecular weight excluding hydrogens is 298 g/mol. The number of carbonyl (C=O) groups is 1. The molecule has 0 aliphatic heterocycles. The lowest BCUT2D eigenvalue weighted by Crippen LogP contribution is -2.27. The molecule has 0 bridgehead atoms. The number of nitrogens with zero attached hydrogens (tertiary/aromatic N) is 2. The Hall–Kier alpha value is -2.26. The van der Waals surface area contributed by atoms with Gasteiger partial charge in [-0.25, -0.2) is 17.9 Å². The number of carbonyl (C=O) groups excluding carboxylic acids is 1. The number of rotatable bonds is 6. The monoisotopic (exact) mass is 311 g/mol. The minimum absolute atomic E-state index is 0.0229. The van der Waals surface area contributed by atoms with E-state index < -0.39 is 16.0 Å². The van der Waals surface area contributed by atoms with Gasteiger partial charge in [0.15, 0.2) is 6.33 Å². The molecule has 0 aliphatic carbocycles. The number of benzene rings is 1. The lowest BCUT2D eigenvalue weighted by Gasteiger charge is -2.09. The third-order valence-corrected chi connectivity index (χ3v) is 4.14. The minimum Gasteiger partial charge on any atom is -0.465 e. The zero-order valence-corrected chi connectivity index (χ0v) is 12.0. The van der Waals surface area contributed by atoms with Gasteiger partial charge in [0.1, 0.15) is 0 Å². The summed E-state index contributed by atoms with van der Waals surface area (Å²) in [5.74, 6) is -0.396. The van der Waals surface area contributed by atoms with Crippen molar-refractivity contribution < 1.29 is 22.5 Å². The summed E-state index contributed by atoms with van der Waals surface area (Å²) in [5.41, 5.74) is -0.0229. The Labute approximate surface area is 121 Å². The first kappa shape index (κ1) is 15.1. The molecule has 1 N–H and O–H groups in total. The predicted molar refractivity (Wildman–Crippen MR) is 71.0 cm³/mol. The maximum absolute atomic E-state index is 12.2. The van der Waals surface area contributed by atoms with Crippen LogP contribution in [-0.2, 0) is 21.2 Å². The van der Waals surface area contributed by atoms with Gasteiger partial charge in [0.05, 0.1) is 17.6 Å². The molecule has 0 atom stereocenters. The fraction of sp³-hybridized carbons (Fsp3) is 0.250. The molecule has 9 heteroatoms. The summed E-state index contributed by atoms with van der Waals surface area (Å²) < 4.78 is 36.1. The van der Waals surface area contributed by atoms with Crippen molar-refractivity contribution in [2.24, 2.45) is 0 Å². The number of esters is 1. The Balaban J connectivity index is 2.14. The Morgan fingerprint density at radius 1 is 1.38 bits per heavy atom. The molecule has 0 saturated carbocycles. The van der Waals surface area contributed by atoms with Crippen LogP contribution in [0.5, 0.6) is 0 Å². The van der Waals surface area contributed by atoms with Crippen LogP contribution in [0.2, 0.25) is 0 Å². The summed E-state index contributed by atoms with van der Waals surface area (Å²) in [7, 11) is -2.65. The molecule has 0 saturated heterocycles. The summed E-state index contributed by atoms with van der Waals surface area (Å²) in [5, 5.41) is 3.42. The lowest BCUT2D eigenvalue weighted by molar-refractivity contribution is 0.0596. The lowest BCUT2D eigenvalue weighted by atomic mass is 10.2. The molecule has 0 unspecified atom stereocenters. The van der Waals surface area contributed by atoms with E-state index in [0.717, 1.165) is 0 Å². The molecule has 21 heavy (non-hydrogen) atoms. The Morgan fingerprint density at radius 2 is 2.14 bits per heavy atom. The molecule has 0 spiro atoms. The van der Waals surface area contributed by atoms with Crippen molar-refractivity contribution >= 4 is 16.0 Å². The van der Waals surface area contributed by atoms with Crippen LogP contribution >= 0.6 is 0 Å². The smallest absolute Gasteiger partial charge is 0.339 e. The average Bonchev–Trinajstić information content (AvgIpc) is 2.99. The van der Waals surface area contributed by atoms with Gasteiger partial charge in [0.2, 0.25) is 15.9 Å². The van der Waals surface area contributed by atoms with Crippen molar-refractivity contribution in [3.63, 3.8) is 0 Å². The summed E-state index contributed by atoms with van der Waals surface area (Å²) in [6, 6.07) is 5.81. The van der Waals surface area contributed by atoms with Crippen molar-refractivity contribution in [3.05, 3.63) is 42.0 Å². The normalized spacial score (nSPS) is 11.3. The van der Waals surface area contributed by atoms with Crippen LogP contribution < -0.4 is 4.72 Å². The van der Waals surface area contributed by atoms with Crippen LogP contribution in [0.15, 0.2) is 40.0 Å². The molecule has 2 aromatic rings. The number of sulfonamides is 1. The van der Waals surface area contributed by atoms with Gasteiger partial charge < -0.3 is 9.26 Å². The summed E-state index contributed by atoms with van der Waals surface area (Å²) in [6.45, 7) is 0.0695. The Bertz CT molecular complexity index is 712. The maximum atomic E-state index is 12.2. The van der Waals surface area contributed by atoms with Gasteiger partial charge >= 0.3 is 5.97 Å². The van der Waals surface area contributed by atoms with Crippen LogP contribution in [0.25, 0.3) is 0 Å². The summed E-state index contributed by atoms with van der Waals surface area (Å²) in [6.07, 6.45) is 1.48. The fourth-order valence-corrected chi connectivity index (χ4v) is 2.88. The van der Waals surface area contributed by atoms with Crippen molar-refractivity contribution in [1.29, 1.82) is 0 Å². The second-order valence-electron chi connectivity index (χ2n) is 3.97. The first-order chi connectivity index (χ1) is 10.0. The van der Waals surface area contributed by atoms with Gasteiger partial charge in [-0.1, -0.05) is 17.3 Å². The average molecular weight is 311 g/mol. The third kappa shape index (κ3) is 3.64. The Kier molecular flexibility index (Phi) is 4.66. The summed E-state index contributed by atoms with van der Waals surface area (Å²) >= 11 is 0. The maximum Gasteiger partial charge on any atom is 0.339 e. The number of ether oxygens (including phenoxy) is 1. The molecule has 0 amide bonds. The molecule has 1 aromatic heterocycles. The van der Waals surface area contributed by atoms with Gasteiger partial charge in [-0.3, -0.25) is 0 Å². The number of aromatic nitrogens is 2. The second kappa shape index (κ2) is 6.46.